The minimum atomic E-state index is -1.06. The smallest absolute Gasteiger partial charge is 0.269 e. The van der Waals surface area contributed by atoms with Crippen LogP contribution in [0.25, 0.3) is 0 Å². The van der Waals surface area contributed by atoms with Crippen molar-refractivity contribution in [2.75, 3.05) is 11.9 Å². The summed E-state index contributed by atoms with van der Waals surface area (Å²) in [7, 11) is 1.44. The Bertz CT molecular complexity index is 986. The van der Waals surface area contributed by atoms with Crippen molar-refractivity contribution >= 4 is 52.3 Å². The van der Waals surface area contributed by atoms with Gasteiger partial charge in [-0.3, -0.25) is 24.7 Å². The molecule has 3 amide bonds. The summed E-state index contributed by atoms with van der Waals surface area (Å²) in [5.41, 5.74) is 3.00. The molecule has 2 N–H and O–H groups in total. The molecule has 29 heavy (non-hydrogen) atoms. The van der Waals surface area contributed by atoms with Crippen molar-refractivity contribution in [1.29, 1.82) is 0 Å². The first-order valence-electron chi connectivity index (χ1n) is 8.51. The molecule has 1 saturated heterocycles. The van der Waals surface area contributed by atoms with Gasteiger partial charge in [0, 0.05) is 17.6 Å². The number of halogens is 2. The predicted molar refractivity (Wildman–Crippen MR) is 110 cm³/mol. The summed E-state index contributed by atoms with van der Waals surface area (Å²) in [6, 6.07) is 10.4. The molecule has 0 spiro atoms. The monoisotopic (exact) mass is 434 g/mol. The highest BCUT2D eigenvalue weighted by atomic mass is 35.5. The number of rotatable bonds is 5. The summed E-state index contributed by atoms with van der Waals surface area (Å²) < 4.78 is 13.4. The summed E-state index contributed by atoms with van der Waals surface area (Å²) in [6.07, 6.45) is -0.233. The Morgan fingerprint density at radius 2 is 1.90 bits per heavy atom. The van der Waals surface area contributed by atoms with Crippen LogP contribution in [-0.4, -0.2) is 40.9 Å². The Labute approximate surface area is 176 Å². The summed E-state index contributed by atoms with van der Waals surface area (Å²) in [5, 5.41) is 4.05. The molecule has 1 atom stereocenters. The highest BCUT2D eigenvalue weighted by Crippen LogP contribution is 2.27. The average Bonchev–Trinajstić information content (AvgIpc) is 2.92. The minimum Gasteiger partial charge on any atom is -0.359 e. The van der Waals surface area contributed by atoms with Crippen LogP contribution in [-0.2, 0) is 9.59 Å². The van der Waals surface area contributed by atoms with Gasteiger partial charge in [-0.05, 0) is 54.7 Å². The Kier molecular flexibility index (Phi) is 6.09. The Balaban J connectivity index is 1.92. The maximum absolute atomic E-state index is 13.4. The summed E-state index contributed by atoms with van der Waals surface area (Å²) >= 11 is 11.3. The highest BCUT2D eigenvalue weighted by molar-refractivity contribution is 7.80. The van der Waals surface area contributed by atoms with E-state index in [1.807, 2.05) is 0 Å². The number of carbonyl (C=O) groups is 3. The summed E-state index contributed by atoms with van der Waals surface area (Å²) in [6.45, 7) is 0. The van der Waals surface area contributed by atoms with Crippen molar-refractivity contribution in [2.45, 2.75) is 12.5 Å². The third kappa shape index (κ3) is 4.36. The lowest BCUT2D eigenvalue weighted by molar-refractivity contribution is -0.127. The van der Waals surface area contributed by atoms with Crippen molar-refractivity contribution in [3.05, 3.63) is 64.9 Å². The lowest BCUT2D eigenvalue weighted by atomic mass is 10.2. The number of thiocarbonyl (C=S) groups is 1. The van der Waals surface area contributed by atoms with Crippen molar-refractivity contribution in [3.8, 4) is 0 Å². The normalized spacial score (nSPS) is 16.2. The Morgan fingerprint density at radius 3 is 2.52 bits per heavy atom. The molecule has 0 aromatic heterocycles. The predicted octanol–water partition coefficient (Wildman–Crippen LogP) is 2.26. The third-order valence-electron chi connectivity index (χ3n) is 4.27. The number of carbonyl (C=O) groups excluding carboxylic acids is 3. The van der Waals surface area contributed by atoms with Gasteiger partial charge >= 0.3 is 0 Å². The second kappa shape index (κ2) is 8.54. The second-order valence-corrected chi connectivity index (χ2v) is 6.95. The molecule has 0 bridgehead atoms. The zero-order chi connectivity index (χ0) is 21.1. The molecule has 1 aliphatic heterocycles. The maximum Gasteiger partial charge on any atom is 0.269 e. The number of hydrazine groups is 1. The highest BCUT2D eigenvalue weighted by Gasteiger charge is 2.45. The van der Waals surface area contributed by atoms with Crippen molar-refractivity contribution in [1.82, 2.24) is 15.8 Å². The lowest BCUT2D eigenvalue weighted by Crippen LogP contribution is -2.50. The first-order valence-corrected chi connectivity index (χ1v) is 9.30. The van der Waals surface area contributed by atoms with E-state index in [4.69, 9.17) is 23.8 Å². The first-order chi connectivity index (χ1) is 13.8. The van der Waals surface area contributed by atoms with Crippen molar-refractivity contribution in [3.63, 3.8) is 0 Å². The quantitative estimate of drug-likeness (QED) is 0.705. The largest absolute Gasteiger partial charge is 0.359 e. The van der Waals surface area contributed by atoms with Gasteiger partial charge < -0.3 is 5.32 Å². The van der Waals surface area contributed by atoms with Crippen molar-refractivity contribution in [2.24, 2.45) is 0 Å². The van der Waals surface area contributed by atoms with E-state index in [1.54, 1.807) is 24.3 Å². The number of anilines is 1. The van der Waals surface area contributed by atoms with E-state index >= 15 is 0 Å². The van der Waals surface area contributed by atoms with E-state index < -0.39 is 29.6 Å². The number of hydrogen-bond donors (Lipinski definition) is 2. The molecule has 0 saturated carbocycles. The molecule has 7 nitrogen and oxygen atoms in total. The van der Waals surface area contributed by atoms with Gasteiger partial charge in [0.1, 0.15) is 11.9 Å². The van der Waals surface area contributed by atoms with Gasteiger partial charge in [0.15, 0.2) is 0 Å². The Hall–Kier alpha value is -3.04. The van der Waals surface area contributed by atoms with Crippen LogP contribution in [0.15, 0.2) is 48.5 Å². The maximum atomic E-state index is 13.4. The fourth-order valence-corrected chi connectivity index (χ4v) is 3.30. The number of benzene rings is 2. The zero-order valence-corrected chi connectivity index (χ0v) is 16.8. The van der Waals surface area contributed by atoms with E-state index in [0.717, 1.165) is 11.1 Å². The van der Waals surface area contributed by atoms with Gasteiger partial charge in [-0.15, -0.1) is 0 Å². The van der Waals surface area contributed by atoms with E-state index in [9.17, 15) is 18.8 Å². The number of nitrogens with zero attached hydrogens (tertiary/aromatic N) is 2. The second-order valence-electron chi connectivity index (χ2n) is 6.15. The molecule has 0 radical (unpaired) electrons. The van der Waals surface area contributed by atoms with Crippen LogP contribution in [0.5, 0.6) is 0 Å². The molecule has 2 aromatic rings. The zero-order valence-electron chi connectivity index (χ0n) is 15.2. The van der Waals surface area contributed by atoms with Crippen LogP contribution in [0, 0.1) is 5.82 Å². The van der Waals surface area contributed by atoms with E-state index in [0.29, 0.717) is 10.7 Å². The van der Waals surface area contributed by atoms with Gasteiger partial charge in [0.2, 0.25) is 11.0 Å². The molecule has 150 valence electrons. The Morgan fingerprint density at radius 1 is 1.21 bits per heavy atom. The van der Waals surface area contributed by atoms with Gasteiger partial charge in [-0.25, -0.2) is 9.40 Å². The molecule has 0 unspecified atom stereocenters. The van der Waals surface area contributed by atoms with Crippen LogP contribution in [0.2, 0.25) is 5.02 Å². The van der Waals surface area contributed by atoms with E-state index in [-0.39, 0.29) is 17.1 Å². The molecule has 1 fully saturated rings. The van der Waals surface area contributed by atoms with Crippen LogP contribution in [0.1, 0.15) is 16.8 Å². The number of hydrogen-bond acceptors (Lipinski definition) is 4. The molecular formula is C19H16ClFN4O3S. The molecule has 3 rings (SSSR count). The van der Waals surface area contributed by atoms with E-state index in [1.165, 1.54) is 30.1 Å². The van der Waals surface area contributed by atoms with Gasteiger partial charge in [0.05, 0.1) is 12.1 Å². The lowest BCUT2D eigenvalue weighted by Gasteiger charge is -2.24. The molecule has 0 aliphatic carbocycles. The average molecular weight is 435 g/mol. The fourth-order valence-electron chi connectivity index (χ4n) is 2.81. The number of amides is 3. The summed E-state index contributed by atoms with van der Waals surface area (Å²) in [4.78, 5) is 38.7. The summed E-state index contributed by atoms with van der Waals surface area (Å²) in [5.74, 6) is -2.14. The van der Waals surface area contributed by atoms with Gasteiger partial charge in [0.25, 0.3) is 11.8 Å². The third-order valence-corrected chi connectivity index (χ3v) is 4.90. The van der Waals surface area contributed by atoms with Gasteiger partial charge in [-0.1, -0.05) is 17.7 Å². The first kappa shape index (κ1) is 20.7. The molecule has 1 aliphatic rings. The van der Waals surface area contributed by atoms with E-state index in [2.05, 4.69) is 10.7 Å². The minimum absolute atomic E-state index is 0.0176. The fraction of sp³-hybridized carbons (Fsp3) is 0.158. The van der Waals surface area contributed by atoms with Crippen LogP contribution in [0.4, 0.5) is 10.1 Å². The van der Waals surface area contributed by atoms with Crippen LogP contribution in [0.3, 0.4) is 0 Å². The molecular weight excluding hydrogens is 419 g/mol. The number of nitrogens with one attached hydrogen (secondary N) is 2. The standard InChI is InChI=1S/C19H16ClFN4O3S/c1-22-16(26)10-15-18(28)24(14-7-5-12(20)6-8-14)19(29)25(15)23-17(27)11-3-2-4-13(21)9-11/h2-9,15H,10H2,1H3,(H,22,26)(H,23,27)/t15-/m0/s1. The van der Waals surface area contributed by atoms with Gasteiger partial charge in [-0.2, -0.15) is 0 Å². The van der Waals surface area contributed by atoms with Crippen LogP contribution < -0.4 is 15.6 Å². The topological polar surface area (TPSA) is 81.8 Å². The molecule has 2 aromatic carbocycles. The van der Waals surface area contributed by atoms with Crippen LogP contribution >= 0.6 is 23.8 Å². The van der Waals surface area contributed by atoms with Crippen molar-refractivity contribution < 1.29 is 18.8 Å². The molecule has 10 heteroatoms. The molecule has 1 heterocycles. The SMILES string of the molecule is CNC(=O)C[C@H]1C(=O)N(c2ccc(Cl)cc2)C(=S)N1NC(=O)c1cccc(F)c1.